The van der Waals surface area contributed by atoms with Crippen molar-refractivity contribution in [1.82, 2.24) is 0 Å². The van der Waals surface area contributed by atoms with Crippen molar-refractivity contribution < 1.29 is 21.6 Å². The maximum absolute atomic E-state index is 13.2. The van der Waals surface area contributed by atoms with Gasteiger partial charge in [-0.05, 0) is 29.8 Å². The molecule has 0 spiro atoms. The van der Waals surface area contributed by atoms with Crippen molar-refractivity contribution >= 4 is 27.4 Å². The van der Waals surface area contributed by atoms with Crippen molar-refractivity contribution in [3.8, 4) is 0 Å². The van der Waals surface area contributed by atoms with Gasteiger partial charge in [-0.15, -0.1) is 4.40 Å². The van der Waals surface area contributed by atoms with Crippen molar-refractivity contribution in [1.29, 1.82) is 0 Å². The molecule has 31 heavy (non-hydrogen) atoms. The van der Waals surface area contributed by atoms with Crippen molar-refractivity contribution in [2.24, 2.45) is 4.40 Å². The van der Waals surface area contributed by atoms with Gasteiger partial charge in [0.25, 0.3) is 0 Å². The second-order valence-electron chi connectivity index (χ2n) is 6.61. The molecule has 0 atom stereocenters. The number of guanidine groups is 1. The zero-order valence-corrected chi connectivity index (χ0v) is 17.4. The smallest absolute Gasteiger partial charge is 0.314 e. The Hall–Kier alpha value is -3.33. The van der Waals surface area contributed by atoms with Crippen molar-refractivity contribution in [2.45, 2.75) is 12.1 Å². The van der Waals surface area contributed by atoms with Crippen molar-refractivity contribution in [3.63, 3.8) is 0 Å². The van der Waals surface area contributed by atoms with Crippen LogP contribution in [0.25, 0.3) is 0 Å². The highest BCUT2D eigenvalue weighted by Crippen LogP contribution is 2.28. The molecule has 0 aliphatic rings. The lowest BCUT2D eigenvalue weighted by atomic mass is 10.2. The first kappa shape index (κ1) is 22.4. The molecule has 0 N–H and O–H groups in total. The van der Waals surface area contributed by atoms with Crippen molar-refractivity contribution in [2.75, 3.05) is 16.8 Å². The van der Waals surface area contributed by atoms with Crippen LogP contribution in [-0.2, 0) is 16.6 Å². The molecular weight excluding hydrogens is 427 g/mol. The molecule has 3 aromatic carbocycles. The van der Waals surface area contributed by atoms with E-state index in [0.717, 1.165) is 5.56 Å². The molecular formula is C22H20F3N3O2S. The van der Waals surface area contributed by atoms with Crippen LogP contribution in [0.2, 0.25) is 0 Å². The van der Waals surface area contributed by atoms with E-state index < -0.39 is 15.5 Å². The van der Waals surface area contributed by atoms with E-state index in [2.05, 4.69) is 4.40 Å². The van der Waals surface area contributed by atoms with Gasteiger partial charge in [-0.25, -0.2) is 0 Å². The minimum atomic E-state index is -5.79. The Morgan fingerprint density at radius 1 is 0.806 bits per heavy atom. The van der Waals surface area contributed by atoms with Gasteiger partial charge in [-0.1, -0.05) is 66.7 Å². The molecule has 0 heterocycles. The summed E-state index contributed by atoms with van der Waals surface area (Å²) < 4.78 is 66.9. The van der Waals surface area contributed by atoms with Gasteiger partial charge in [0.2, 0.25) is 5.96 Å². The molecule has 3 rings (SSSR count). The van der Waals surface area contributed by atoms with Crippen LogP contribution in [0.15, 0.2) is 95.4 Å². The number of anilines is 2. The summed E-state index contributed by atoms with van der Waals surface area (Å²) in [5.41, 5.74) is -3.78. The Bertz CT molecular complexity index is 1120. The number of hydrogen-bond acceptors (Lipinski definition) is 2. The molecule has 0 aliphatic heterocycles. The lowest BCUT2D eigenvalue weighted by Gasteiger charge is -2.32. The third-order valence-electron chi connectivity index (χ3n) is 4.43. The summed E-state index contributed by atoms with van der Waals surface area (Å²) in [6.07, 6.45) is 0. The molecule has 0 saturated carbocycles. The first-order valence-electron chi connectivity index (χ1n) is 9.25. The Balaban J connectivity index is 2.19. The number of hydrogen-bond donors (Lipinski definition) is 0. The average molecular weight is 447 g/mol. The third kappa shape index (κ3) is 5.43. The maximum Gasteiger partial charge on any atom is 0.518 e. The van der Waals surface area contributed by atoms with Gasteiger partial charge >= 0.3 is 15.5 Å². The van der Waals surface area contributed by atoms with Crippen LogP contribution in [0, 0.1) is 0 Å². The normalized spacial score (nSPS) is 12.5. The fourth-order valence-electron chi connectivity index (χ4n) is 2.87. The maximum atomic E-state index is 13.2. The fraction of sp³-hybridized carbons (Fsp3) is 0.136. The number of halogens is 3. The average Bonchev–Trinajstić information content (AvgIpc) is 2.77. The highest BCUT2D eigenvalue weighted by molar-refractivity contribution is 7.91. The van der Waals surface area contributed by atoms with Crippen molar-refractivity contribution in [3.05, 3.63) is 96.6 Å². The summed E-state index contributed by atoms with van der Waals surface area (Å²) in [6.45, 7) is 0.105. The summed E-state index contributed by atoms with van der Waals surface area (Å²) in [5.74, 6) is -0.376. The molecule has 3 aromatic rings. The van der Waals surface area contributed by atoms with E-state index in [0.29, 0.717) is 11.4 Å². The molecule has 9 heteroatoms. The minimum absolute atomic E-state index is 0.105. The van der Waals surface area contributed by atoms with E-state index in [9.17, 15) is 21.6 Å². The van der Waals surface area contributed by atoms with Crippen LogP contribution in [0.3, 0.4) is 0 Å². The third-order valence-corrected chi connectivity index (χ3v) is 5.42. The summed E-state index contributed by atoms with van der Waals surface area (Å²) in [7, 11) is -4.32. The summed E-state index contributed by atoms with van der Waals surface area (Å²) >= 11 is 0. The molecule has 162 valence electrons. The fourth-order valence-corrected chi connectivity index (χ4v) is 3.41. The predicted octanol–water partition coefficient (Wildman–Crippen LogP) is 5.04. The number of benzene rings is 3. The van der Waals surface area contributed by atoms with Crippen LogP contribution in [-0.4, -0.2) is 26.9 Å². The van der Waals surface area contributed by atoms with E-state index in [-0.39, 0.29) is 12.5 Å². The molecule has 0 bridgehead atoms. The Morgan fingerprint density at radius 3 is 1.74 bits per heavy atom. The lowest BCUT2D eigenvalue weighted by molar-refractivity contribution is -0.0435. The summed E-state index contributed by atoms with van der Waals surface area (Å²) in [5, 5.41) is 0. The Morgan fingerprint density at radius 2 is 1.26 bits per heavy atom. The molecule has 0 fully saturated rings. The summed E-state index contributed by atoms with van der Waals surface area (Å²) in [6, 6.07) is 26.0. The quantitative estimate of drug-likeness (QED) is 0.406. The molecule has 0 saturated heterocycles. The van der Waals surface area contributed by atoms with Gasteiger partial charge in [-0.2, -0.15) is 21.6 Å². The lowest BCUT2D eigenvalue weighted by Crippen LogP contribution is -2.44. The molecule has 0 amide bonds. The first-order chi connectivity index (χ1) is 14.7. The van der Waals surface area contributed by atoms with Gasteiger partial charge in [-0.3, -0.25) is 0 Å². The van der Waals surface area contributed by atoms with Crippen LogP contribution in [0.4, 0.5) is 24.5 Å². The van der Waals surface area contributed by atoms with Gasteiger partial charge in [0.05, 0.1) is 6.54 Å². The van der Waals surface area contributed by atoms with Crippen LogP contribution >= 0.6 is 0 Å². The topological polar surface area (TPSA) is 53.0 Å². The van der Waals surface area contributed by atoms with E-state index in [1.54, 1.807) is 84.9 Å². The van der Waals surface area contributed by atoms with Crippen LogP contribution in [0.5, 0.6) is 0 Å². The Labute approximate surface area is 179 Å². The largest absolute Gasteiger partial charge is 0.518 e. The van der Waals surface area contributed by atoms with Gasteiger partial charge in [0, 0.05) is 18.4 Å². The molecule has 0 radical (unpaired) electrons. The molecule has 0 aromatic heterocycles. The van der Waals surface area contributed by atoms with E-state index in [1.165, 1.54) is 16.8 Å². The SMILES string of the molecule is CN(/C(=N/S(=O)(=O)C(F)(F)F)N(Cc1ccccc1)c1ccccc1)c1ccccc1. The van der Waals surface area contributed by atoms with Gasteiger partial charge in [0.15, 0.2) is 0 Å². The van der Waals surface area contributed by atoms with E-state index in [1.807, 2.05) is 6.07 Å². The number of sulfonamides is 1. The van der Waals surface area contributed by atoms with E-state index >= 15 is 0 Å². The molecule has 5 nitrogen and oxygen atoms in total. The molecule has 0 unspecified atom stereocenters. The number of nitrogens with zero attached hydrogens (tertiary/aromatic N) is 3. The summed E-state index contributed by atoms with van der Waals surface area (Å²) in [4.78, 5) is 2.75. The zero-order valence-electron chi connectivity index (χ0n) is 16.6. The number of rotatable bonds is 5. The standard InChI is InChI=1S/C22H20F3N3O2S/c1-27(19-13-7-3-8-14-19)21(26-31(29,30)22(23,24)25)28(20-15-9-4-10-16-20)17-18-11-5-2-6-12-18/h2-16H,17H2,1H3/b26-21-. The second kappa shape index (κ2) is 9.22. The number of alkyl halides is 3. The predicted molar refractivity (Wildman–Crippen MR) is 116 cm³/mol. The zero-order chi connectivity index (χ0) is 22.5. The van der Waals surface area contributed by atoms with Gasteiger partial charge < -0.3 is 9.80 Å². The van der Waals surface area contributed by atoms with Crippen LogP contribution < -0.4 is 9.80 Å². The highest BCUT2D eigenvalue weighted by Gasteiger charge is 2.47. The second-order valence-corrected chi connectivity index (χ2v) is 8.21. The first-order valence-corrected chi connectivity index (χ1v) is 10.7. The molecule has 0 aliphatic carbocycles. The monoisotopic (exact) mass is 447 g/mol. The minimum Gasteiger partial charge on any atom is -0.314 e. The van der Waals surface area contributed by atoms with Gasteiger partial charge in [0.1, 0.15) is 0 Å². The number of para-hydroxylation sites is 2. The van der Waals surface area contributed by atoms with Crippen LogP contribution in [0.1, 0.15) is 5.56 Å². The highest BCUT2D eigenvalue weighted by atomic mass is 32.2. The van der Waals surface area contributed by atoms with E-state index in [4.69, 9.17) is 0 Å². The Kier molecular flexibility index (Phi) is 6.65.